The van der Waals surface area contributed by atoms with E-state index in [-0.39, 0.29) is 20.5 Å². The molecule has 0 saturated carbocycles. The topological polar surface area (TPSA) is 39.2 Å². The van der Waals surface area contributed by atoms with E-state index in [0.29, 0.717) is 13.0 Å². The minimum atomic E-state index is -0.191. The van der Waals surface area contributed by atoms with Gasteiger partial charge in [0.05, 0.1) is 0 Å². The summed E-state index contributed by atoms with van der Waals surface area (Å²) in [6, 6.07) is 8.01. The molecule has 2 aromatic rings. The number of hydrogen-bond donors (Lipinski definition) is 0. The summed E-state index contributed by atoms with van der Waals surface area (Å²) in [7, 11) is 0. The first-order valence-electron chi connectivity index (χ1n) is 5.55. The number of halogens is 1. The van der Waals surface area contributed by atoms with Gasteiger partial charge in [-0.25, -0.2) is 0 Å². The minimum absolute atomic E-state index is 0.162. The molecule has 0 amide bonds. The van der Waals surface area contributed by atoms with Crippen molar-refractivity contribution >= 4 is 36.4 Å². The van der Waals surface area contributed by atoms with E-state index < -0.39 is 0 Å². The number of benzene rings is 1. The van der Waals surface area contributed by atoms with Gasteiger partial charge in [-0.05, 0) is 0 Å². The summed E-state index contributed by atoms with van der Waals surface area (Å²) in [6.07, 6.45) is 0.310. The Balaban J connectivity index is 2.10. The molecule has 0 aliphatic carbocycles. The number of esters is 1. The zero-order valence-corrected chi connectivity index (χ0v) is 13.1. The summed E-state index contributed by atoms with van der Waals surface area (Å²) in [4.78, 5) is 18.0. The van der Waals surface area contributed by atoms with Crippen molar-refractivity contribution in [2.24, 2.45) is 0 Å². The van der Waals surface area contributed by atoms with Crippen LogP contribution >= 0.6 is 15.9 Å². The van der Waals surface area contributed by atoms with E-state index in [0.717, 1.165) is 20.3 Å². The Labute approximate surface area is 120 Å². The van der Waals surface area contributed by atoms with Crippen molar-refractivity contribution in [1.82, 2.24) is 4.98 Å². The monoisotopic (exact) mass is 373 g/mol. The molecule has 18 heavy (non-hydrogen) atoms. The first-order valence-corrected chi connectivity index (χ1v) is 8.19. The Kier molecular flexibility index (Phi) is 4.75. The van der Waals surface area contributed by atoms with E-state index in [1.165, 1.54) is 0 Å². The van der Waals surface area contributed by atoms with Crippen molar-refractivity contribution in [3.63, 3.8) is 0 Å². The molecule has 2 rings (SSSR count). The second-order valence-corrected chi connectivity index (χ2v) is 6.51. The number of hydrogen-bond acceptors (Lipinski definition) is 3. The zero-order chi connectivity index (χ0) is 13.0. The Hall–Kier alpha value is -0.901. The van der Waals surface area contributed by atoms with Gasteiger partial charge >= 0.3 is 120 Å². The molecule has 0 fully saturated rings. The molecule has 0 unspecified atom stereocenters. The summed E-state index contributed by atoms with van der Waals surface area (Å²) >= 11 is 3.57. The SMILES string of the molecule is CCOC(=O)Cc1nc(-c2ccc(Br)cc2)c[se]1. The van der Waals surface area contributed by atoms with Gasteiger partial charge in [-0.15, -0.1) is 0 Å². The molecule has 0 bridgehead atoms. The van der Waals surface area contributed by atoms with Crippen LogP contribution in [-0.4, -0.2) is 32.1 Å². The van der Waals surface area contributed by atoms with Gasteiger partial charge in [-0.2, -0.15) is 0 Å². The molecule has 1 aromatic carbocycles. The fourth-order valence-corrected chi connectivity index (χ4v) is 3.40. The van der Waals surface area contributed by atoms with E-state index in [1.54, 1.807) is 0 Å². The normalized spacial score (nSPS) is 10.3. The zero-order valence-electron chi connectivity index (χ0n) is 9.85. The quantitative estimate of drug-likeness (QED) is 0.611. The Morgan fingerprint density at radius 3 is 2.78 bits per heavy atom. The molecule has 0 spiro atoms. The molecular weight excluding hydrogens is 361 g/mol. The predicted molar refractivity (Wildman–Crippen MR) is 74.7 cm³/mol. The molecule has 1 heterocycles. The van der Waals surface area contributed by atoms with E-state index in [1.807, 2.05) is 31.2 Å². The Bertz CT molecular complexity index is 536. The van der Waals surface area contributed by atoms with Crippen LogP contribution in [0.1, 0.15) is 11.5 Å². The molecule has 0 aliphatic heterocycles. The fraction of sp³-hybridized carbons (Fsp3) is 0.231. The van der Waals surface area contributed by atoms with Crippen LogP contribution < -0.4 is 0 Å². The molecule has 5 heteroatoms. The number of rotatable bonds is 4. The van der Waals surface area contributed by atoms with Crippen molar-refractivity contribution in [3.8, 4) is 11.3 Å². The average Bonchev–Trinajstić information content (AvgIpc) is 2.78. The van der Waals surface area contributed by atoms with Gasteiger partial charge in [0.25, 0.3) is 0 Å². The van der Waals surface area contributed by atoms with Gasteiger partial charge in [0.15, 0.2) is 0 Å². The third-order valence-corrected chi connectivity index (χ3v) is 4.60. The van der Waals surface area contributed by atoms with E-state index in [9.17, 15) is 4.79 Å². The van der Waals surface area contributed by atoms with Crippen LogP contribution in [0, 0.1) is 0 Å². The van der Waals surface area contributed by atoms with Crippen molar-refractivity contribution in [2.75, 3.05) is 6.61 Å². The fourth-order valence-electron chi connectivity index (χ4n) is 1.48. The van der Waals surface area contributed by atoms with Crippen molar-refractivity contribution in [2.45, 2.75) is 13.3 Å². The van der Waals surface area contributed by atoms with E-state index >= 15 is 0 Å². The summed E-state index contributed by atoms with van der Waals surface area (Å²) < 4.78 is 6.90. The first-order chi connectivity index (χ1) is 8.69. The molecule has 1 aromatic heterocycles. The van der Waals surface area contributed by atoms with Crippen LogP contribution in [0.3, 0.4) is 0 Å². The third kappa shape index (κ3) is 3.54. The van der Waals surface area contributed by atoms with Crippen LogP contribution in [0.2, 0.25) is 0 Å². The van der Waals surface area contributed by atoms with Crippen LogP contribution in [0.15, 0.2) is 33.7 Å². The number of carbonyl (C=O) groups excluding carboxylic acids is 1. The summed E-state index contributed by atoms with van der Waals surface area (Å²) in [5.74, 6) is -0.191. The molecular formula is C13H12BrNO2Se. The molecule has 0 aliphatic rings. The maximum absolute atomic E-state index is 11.4. The second kappa shape index (κ2) is 6.32. The van der Waals surface area contributed by atoms with Gasteiger partial charge in [0.1, 0.15) is 0 Å². The van der Waals surface area contributed by atoms with Crippen molar-refractivity contribution < 1.29 is 9.53 Å². The molecule has 0 N–H and O–H groups in total. The van der Waals surface area contributed by atoms with Gasteiger partial charge < -0.3 is 0 Å². The van der Waals surface area contributed by atoms with E-state index in [2.05, 4.69) is 25.9 Å². The van der Waals surface area contributed by atoms with Crippen LogP contribution in [0.4, 0.5) is 0 Å². The maximum atomic E-state index is 11.4. The molecule has 0 atom stereocenters. The molecule has 0 radical (unpaired) electrons. The first kappa shape index (κ1) is 13.5. The van der Waals surface area contributed by atoms with Crippen molar-refractivity contribution in [1.29, 1.82) is 0 Å². The third-order valence-electron chi connectivity index (χ3n) is 2.29. The number of aromatic nitrogens is 1. The summed E-state index contributed by atoms with van der Waals surface area (Å²) in [5, 5.41) is 0. The van der Waals surface area contributed by atoms with Crippen LogP contribution in [0.25, 0.3) is 11.3 Å². The Morgan fingerprint density at radius 1 is 1.39 bits per heavy atom. The molecule has 0 saturated heterocycles. The number of nitrogens with zero attached hydrogens (tertiary/aromatic N) is 1. The molecule has 3 nitrogen and oxygen atoms in total. The Morgan fingerprint density at radius 2 is 2.11 bits per heavy atom. The van der Waals surface area contributed by atoms with Gasteiger partial charge in [0.2, 0.25) is 0 Å². The predicted octanol–water partition coefficient (Wildman–Crippen LogP) is 2.67. The summed E-state index contributed by atoms with van der Waals surface area (Å²) in [5.41, 5.74) is 2.04. The number of carbonyl (C=O) groups is 1. The van der Waals surface area contributed by atoms with Crippen LogP contribution in [-0.2, 0) is 16.0 Å². The second-order valence-electron chi connectivity index (χ2n) is 3.62. The number of ether oxygens (including phenoxy) is 1. The van der Waals surface area contributed by atoms with Crippen LogP contribution in [0.5, 0.6) is 0 Å². The van der Waals surface area contributed by atoms with Crippen molar-refractivity contribution in [3.05, 3.63) is 38.2 Å². The standard InChI is InChI=1S/C13H12BrNO2Se/c1-2-17-13(16)7-12-15-11(8-18-12)9-3-5-10(14)6-4-9/h3-6,8H,2,7H2,1H3. The molecule has 94 valence electrons. The van der Waals surface area contributed by atoms with Gasteiger partial charge in [-0.3, -0.25) is 0 Å². The summed E-state index contributed by atoms with van der Waals surface area (Å²) in [6.45, 7) is 2.23. The van der Waals surface area contributed by atoms with Gasteiger partial charge in [-0.1, -0.05) is 0 Å². The van der Waals surface area contributed by atoms with Gasteiger partial charge in [0, 0.05) is 0 Å². The van der Waals surface area contributed by atoms with E-state index in [4.69, 9.17) is 4.74 Å². The average molecular weight is 373 g/mol.